The Morgan fingerprint density at radius 2 is 2.00 bits per heavy atom. The molecule has 1 aromatic carbocycles. The number of pyridine rings is 1. The van der Waals surface area contributed by atoms with Gasteiger partial charge in [0, 0.05) is 30.4 Å². The number of piperidine rings is 1. The lowest BCUT2D eigenvalue weighted by Crippen LogP contribution is -2.46. The maximum atomic E-state index is 13.1. The van der Waals surface area contributed by atoms with Gasteiger partial charge in [0.05, 0.1) is 24.1 Å². The van der Waals surface area contributed by atoms with Crippen molar-refractivity contribution in [2.45, 2.75) is 58.7 Å². The number of para-hydroxylation sites is 1. The van der Waals surface area contributed by atoms with E-state index >= 15 is 0 Å². The van der Waals surface area contributed by atoms with Crippen LogP contribution in [0.1, 0.15) is 43.9 Å². The largest absolute Gasteiger partial charge is 0.439 e. The van der Waals surface area contributed by atoms with Gasteiger partial charge >= 0.3 is 0 Å². The van der Waals surface area contributed by atoms with Crippen LogP contribution in [0.2, 0.25) is 0 Å². The summed E-state index contributed by atoms with van der Waals surface area (Å²) in [6.07, 6.45) is 7.67. The summed E-state index contributed by atoms with van der Waals surface area (Å²) in [5.74, 6) is 1.24. The molecule has 7 heteroatoms. The second-order valence-corrected chi connectivity index (χ2v) is 8.25. The summed E-state index contributed by atoms with van der Waals surface area (Å²) >= 11 is 0. The fraction of sp³-hybridized carbons (Fsp3) is 0.400. The van der Waals surface area contributed by atoms with Crippen LogP contribution < -0.4 is 10.1 Å². The summed E-state index contributed by atoms with van der Waals surface area (Å²) in [5, 5.41) is 7.56. The molecule has 3 heterocycles. The average molecular weight is 434 g/mol. The molecule has 32 heavy (non-hydrogen) atoms. The van der Waals surface area contributed by atoms with Crippen LogP contribution in [-0.4, -0.2) is 38.2 Å². The van der Waals surface area contributed by atoms with Crippen LogP contribution in [0.5, 0.6) is 11.6 Å². The Hall–Kier alpha value is -3.19. The van der Waals surface area contributed by atoms with Crippen molar-refractivity contribution in [3.05, 3.63) is 66.1 Å². The minimum atomic E-state index is -0.155. The molecule has 0 aliphatic carbocycles. The lowest BCUT2D eigenvalue weighted by molar-refractivity contribution is -0.122. The normalized spacial score (nSPS) is 16.6. The number of amides is 1. The average Bonchev–Trinajstić information content (AvgIpc) is 3.15. The molecule has 0 saturated carbocycles. The number of likely N-dealkylation sites (tertiary alicyclic amines) is 1. The van der Waals surface area contributed by atoms with Gasteiger partial charge in [0.2, 0.25) is 11.8 Å². The van der Waals surface area contributed by atoms with Gasteiger partial charge in [-0.15, -0.1) is 0 Å². The first-order valence-electron chi connectivity index (χ1n) is 11.4. The third-order valence-electron chi connectivity index (χ3n) is 5.90. The molecule has 1 aliphatic rings. The number of hydrogen-bond donors (Lipinski definition) is 1. The predicted octanol–water partition coefficient (Wildman–Crippen LogP) is 4.78. The number of nitrogens with one attached hydrogen (secondary N) is 1. The van der Waals surface area contributed by atoms with Crippen LogP contribution in [0, 0.1) is 6.92 Å². The molecule has 1 amide bonds. The van der Waals surface area contributed by atoms with E-state index in [4.69, 9.17) is 4.74 Å². The molecule has 3 aromatic rings. The van der Waals surface area contributed by atoms with E-state index in [-0.39, 0.29) is 11.9 Å². The highest BCUT2D eigenvalue weighted by molar-refractivity contribution is 5.94. The van der Waals surface area contributed by atoms with Crippen LogP contribution in [0.15, 0.2) is 54.9 Å². The van der Waals surface area contributed by atoms with Gasteiger partial charge < -0.3 is 10.1 Å². The van der Waals surface area contributed by atoms with E-state index in [1.165, 1.54) is 11.3 Å². The molecular formula is C25H31N5O2. The number of nitrogens with zero attached hydrogens (tertiary/aromatic N) is 4. The summed E-state index contributed by atoms with van der Waals surface area (Å²) in [7, 11) is 0. The Morgan fingerprint density at radius 1 is 1.16 bits per heavy atom. The molecule has 168 valence electrons. The number of aromatic nitrogens is 3. The van der Waals surface area contributed by atoms with Crippen LogP contribution in [0.25, 0.3) is 0 Å². The van der Waals surface area contributed by atoms with Crippen molar-refractivity contribution in [2.24, 2.45) is 0 Å². The standard InChI is InChI=1S/C25H31N5O2/c1-3-14-30-19(2)20(16-27-30)18-29-15-8-7-11-23(29)25(31)28-21-12-13-24(26-17-21)32-22-9-5-4-6-10-22/h4-6,9-10,12-13,16-17,23H,3,7-8,11,14-15,18H2,1-2H3,(H,28,31)/t23-/m1/s1. The molecule has 0 unspecified atom stereocenters. The number of benzene rings is 1. The van der Waals surface area contributed by atoms with E-state index in [2.05, 4.69) is 38.8 Å². The second kappa shape index (κ2) is 10.4. The van der Waals surface area contributed by atoms with Gasteiger partial charge in [0.25, 0.3) is 0 Å². The fourth-order valence-corrected chi connectivity index (χ4v) is 4.12. The smallest absolute Gasteiger partial charge is 0.241 e. The van der Waals surface area contributed by atoms with Gasteiger partial charge in [-0.05, 0) is 50.9 Å². The van der Waals surface area contributed by atoms with Gasteiger partial charge in [-0.25, -0.2) is 4.98 Å². The zero-order valence-corrected chi connectivity index (χ0v) is 18.8. The number of aryl methyl sites for hydroxylation is 1. The number of carbonyl (C=O) groups is 1. The van der Waals surface area contributed by atoms with Crippen molar-refractivity contribution < 1.29 is 9.53 Å². The van der Waals surface area contributed by atoms with E-state index in [1.54, 1.807) is 12.3 Å². The molecule has 0 radical (unpaired) electrons. The Bertz CT molecular complexity index is 1020. The number of rotatable bonds is 8. The topological polar surface area (TPSA) is 72.3 Å². The Kier molecular flexibility index (Phi) is 7.17. The minimum absolute atomic E-state index is 0.0156. The zero-order chi connectivity index (χ0) is 22.3. The van der Waals surface area contributed by atoms with E-state index in [1.807, 2.05) is 42.6 Å². The summed E-state index contributed by atoms with van der Waals surface area (Å²) in [4.78, 5) is 19.7. The van der Waals surface area contributed by atoms with Crippen molar-refractivity contribution in [1.29, 1.82) is 0 Å². The Morgan fingerprint density at radius 3 is 2.75 bits per heavy atom. The number of hydrogen-bond acceptors (Lipinski definition) is 5. The van der Waals surface area contributed by atoms with Crippen molar-refractivity contribution in [2.75, 3.05) is 11.9 Å². The maximum Gasteiger partial charge on any atom is 0.241 e. The highest BCUT2D eigenvalue weighted by Gasteiger charge is 2.29. The molecule has 1 saturated heterocycles. The number of carbonyl (C=O) groups excluding carboxylic acids is 1. The molecule has 4 rings (SSSR count). The van der Waals surface area contributed by atoms with Gasteiger partial charge in [0.1, 0.15) is 5.75 Å². The molecule has 1 atom stereocenters. The molecule has 1 fully saturated rings. The molecule has 1 N–H and O–H groups in total. The first-order chi connectivity index (χ1) is 15.6. The first kappa shape index (κ1) is 22.0. The van der Waals surface area contributed by atoms with E-state index in [0.29, 0.717) is 11.6 Å². The van der Waals surface area contributed by atoms with E-state index < -0.39 is 0 Å². The Balaban J connectivity index is 1.38. The molecule has 0 bridgehead atoms. The highest BCUT2D eigenvalue weighted by Crippen LogP contribution is 2.24. The molecule has 2 aromatic heterocycles. The van der Waals surface area contributed by atoms with Crippen molar-refractivity contribution in [3.8, 4) is 11.6 Å². The lowest BCUT2D eigenvalue weighted by Gasteiger charge is -2.34. The maximum absolute atomic E-state index is 13.1. The van der Waals surface area contributed by atoms with Gasteiger partial charge in [-0.1, -0.05) is 31.5 Å². The third-order valence-corrected chi connectivity index (χ3v) is 5.90. The van der Waals surface area contributed by atoms with Crippen molar-refractivity contribution in [3.63, 3.8) is 0 Å². The van der Waals surface area contributed by atoms with Crippen molar-refractivity contribution >= 4 is 11.6 Å². The van der Waals surface area contributed by atoms with E-state index in [9.17, 15) is 4.79 Å². The highest BCUT2D eigenvalue weighted by atomic mass is 16.5. The lowest BCUT2D eigenvalue weighted by atomic mass is 10.0. The molecule has 1 aliphatic heterocycles. The first-order valence-corrected chi connectivity index (χ1v) is 11.4. The quantitative estimate of drug-likeness (QED) is 0.553. The summed E-state index contributed by atoms with van der Waals surface area (Å²) in [6.45, 7) is 6.85. The van der Waals surface area contributed by atoms with Crippen LogP contribution in [0.4, 0.5) is 5.69 Å². The fourth-order valence-electron chi connectivity index (χ4n) is 4.12. The molecule has 0 spiro atoms. The summed E-state index contributed by atoms with van der Waals surface area (Å²) < 4.78 is 7.78. The van der Waals surface area contributed by atoms with Crippen LogP contribution >= 0.6 is 0 Å². The summed E-state index contributed by atoms with van der Waals surface area (Å²) in [6, 6.07) is 13.0. The zero-order valence-electron chi connectivity index (χ0n) is 18.8. The van der Waals surface area contributed by atoms with E-state index in [0.717, 1.165) is 51.1 Å². The monoisotopic (exact) mass is 433 g/mol. The number of anilines is 1. The van der Waals surface area contributed by atoms with Crippen LogP contribution in [0.3, 0.4) is 0 Å². The van der Waals surface area contributed by atoms with Gasteiger partial charge in [0.15, 0.2) is 0 Å². The van der Waals surface area contributed by atoms with Gasteiger partial charge in [-0.3, -0.25) is 14.4 Å². The predicted molar refractivity (Wildman–Crippen MR) is 125 cm³/mol. The minimum Gasteiger partial charge on any atom is -0.439 e. The van der Waals surface area contributed by atoms with Crippen LogP contribution in [-0.2, 0) is 17.9 Å². The number of ether oxygens (including phenoxy) is 1. The second-order valence-electron chi connectivity index (χ2n) is 8.25. The van der Waals surface area contributed by atoms with Crippen molar-refractivity contribution in [1.82, 2.24) is 19.7 Å². The SMILES string of the molecule is CCCn1ncc(CN2CCCC[C@@H]2C(=O)Nc2ccc(Oc3ccccc3)nc2)c1C. The molecule has 7 nitrogen and oxygen atoms in total. The Labute approximate surface area is 189 Å². The van der Waals surface area contributed by atoms with Gasteiger partial charge in [-0.2, -0.15) is 5.10 Å². The third kappa shape index (κ3) is 5.34. The molecular weight excluding hydrogens is 402 g/mol. The summed E-state index contributed by atoms with van der Waals surface area (Å²) in [5.41, 5.74) is 3.06.